The first-order chi connectivity index (χ1) is 9.21. The average molecular weight is 260 g/mol. The van der Waals surface area contributed by atoms with Crippen LogP contribution in [0.5, 0.6) is 11.6 Å². The highest BCUT2D eigenvalue weighted by Crippen LogP contribution is 2.22. The van der Waals surface area contributed by atoms with Gasteiger partial charge >= 0.3 is 0 Å². The SMILES string of the molecule is CCNc1cc(Oc2ccc(CO)cc2)nc(N)n1. The lowest BCUT2D eigenvalue weighted by Gasteiger charge is -2.08. The van der Waals surface area contributed by atoms with Gasteiger partial charge in [-0.3, -0.25) is 0 Å². The van der Waals surface area contributed by atoms with Crippen LogP contribution in [0.1, 0.15) is 12.5 Å². The van der Waals surface area contributed by atoms with Crippen LogP contribution in [-0.2, 0) is 6.61 Å². The zero-order valence-corrected chi connectivity index (χ0v) is 10.6. The monoisotopic (exact) mass is 260 g/mol. The first-order valence-corrected chi connectivity index (χ1v) is 5.97. The second-order valence-corrected chi connectivity index (χ2v) is 3.88. The van der Waals surface area contributed by atoms with E-state index in [0.29, 0.717) is 17.4 Å². The largest absolute Gasteiger partial charge is 0.439 e. The normalized spacial score (nSPS) is 10.2. The molecule has 0 unspecified atom stereocenters. The van der Waals surface area contributed by atoms with E-state index in [-0.39, 0.29) is 12.6 Å². The maximum Gasteiger partial charge on any atom is 0.226 e. The van der Waals surface area contributed by atoms with E-state index in [2.05, 4.69) is 15.3 Å². The van der Waals surface area contributed by atoms with Gasteiger partial charge in [-0.05, 0) is 24.6 Å². The van der Waals surface area contributed by atoms with Gasteiger partial charge in [-0.1, -0.05) is 12.1 Å². The molecule has 0 aliphatic carbocycles. The standard InChI is InChI=1S/C13H16N4O2/c1-2-15-11-7-12(17-13(14)16-11)19-10-5-3-9(8-18)4-6-10/h3-7,18H,2,8H2,1H3,(H3,14,15,16,17). The molecule has 0 radical (unpaired) electrons. The van der Waals surface area contributed by atoms with Crippen LogP contribution in [0.15, 0.2) is 30.3 Å². The molecule has 19 heavy (non-hydrogen) atoms. The summed E-state index contributed by atoms with van der Waals surface area (Å²) < 4.78 is 5.59. The van der Waals surface area contributed by atoms with Crippen molar-refractivity contribution in [3.63, 3.8) is 0 Å². The van der Waals surface area contributed by atoms with E-state index in [1.54, 1.807) is 30.3 Å². The van der Waals surface area contributed by atoms with Crippen molar-refractivity contribution in [3.8, 4) is 11.6 Å². The minimum atomic E-state index is 0.00526. The topological polar surface area (TPSA) is 93.3 Å². The zero-order valence-electron chi connectivity index (χ0n) is 10.6. The maximum absolute atomic E-state index is 8.96. The van der Waals surface area contributed by atoms with Gasteiger partial charge in [0.25, 0.3) is 0 Å². The van der Waals surface area contributed by atoms with Crippen molar-refractivity contribution < 1.29 is 9.84 Å². The van der Waals surface area contributed by atoms with E-state index in [0.717, 1.165) is 12.1 Å². The Morgan fingerprint density at radius 1 is 1.26 bits per heavy atom. The molecular weight excluding hydrogens is 244 g/mol. The Morgan fingerprint density at radius 2 is 2.00 bits per heavy atom. The van der Waals surface area contributed by atoms with Crippen LogP contribution in [0.3, 0.4) is 0 Å². The van der Waals surface area contributed by atoms with Crippen LogP contribution in [0.2, 0.25) is 0 Å². The molecule has 0 amide bonds. The van der Waals surface area contributed by atoms with E-state index in [1.807, 2.05) is 6.92 Å². The third-order valence-electron chi connectivity index (χ3n) is 2.41. The summed E-state index contributed by atoms with van der Waals surface area (Å²) in [7, 11) is 0. The molecule has 2 rings (SSSR count). The number of ether oxygens (including phenoxy) is 1. The molecule has 0 aliphatic heterocycles. The van der Waals surface area contributed by atoms with Crippen LogP contribution >= 0.6 is 0 Å². The third-order valence-corrected chi connectivity index (χ3v) is 2.41. The lowest BCUT2D eigenvalue weighted by Crippen LogP contribution is -2.04. The summed E-state index contributed by atoms with van der Waals surface area (Å²) in [6.07, 6.45) is 0. The molecule has 0 fully saturated rings. The van der Waals surface area contributed by atoms with Crippen LogP contribution in [0.25, 0.3) is 0 Å². The van der Waals surface area contributed by atoms with Gasteiger partial charge in [-0.2, -0.15) is 9.97 Å². The summed E-state index contributed by atoms with van der Waals surface area (Å²) in [5, 5.41) is 12.0. The molecule has 0 atom stereocenters. The highest BCUT2D eigenvalue weighted by molar-refractivity contribution is 5.44. The number of benzene rings is 1. The summed E-state index contributed by atoms with van der Waals surface area (Å²) in [4.78, 5) is 8.04. The molecule has 0 aliphatic rings. The minimum absolute atomic E-state index is 0.00526. The fourth-order valence-corrected chi connectivity index (χ4v) is 1.55. The van der Waals surface area contributed by atoms with Crippen LogP contribution in [-0.4, -0.2) is 21.6 Å². The Bertz CT molecular complexity index is 543. The van der Waals surface area contributed by atoms with Gasteiger partial charge < -0.3 is 20.9 Å². The van der Waals surface area contributed by atoms with Gasteiger partial charge in [0.1, 0.15) is 11.6 Å². The number of nitrogens with zero attached hydrogens (tertiary/aromatic N) is 2. The summed E-state index contributed by atoms with van der Waals surface area (Å²) in [6.45, 7) is 2.71. The lowest BCUT2D eigenvalue weighted by molar-refractivity contribution is 0.281. The zero-order chi connectivity index (χ0) is 13.7. The smallest absolute Gasteiger partial charge is 0.226 e. The summed E-state index contributed by atoms with van der Waals surface area (Å²) >= 11 is 0. The number of nitrogens with one attached hydrogen (secondary N) is 1. The molecule has 2 aromatic rings. The molecule has 0 saturated heterocycles. The van der Waals surface area contributed by atoms with Crippen LogP contribution in [0.4, 0.5) is 11.8 Å². The van der Waals surface area contributed by atoms with Gasteiger partial charge in [-0.25, -0.2) is 0 Å². The van der Waals surface area contributed by atoms with E-state index in [4.69, 9.17) is 15.6 Å². The molecule has 1 aromatic carbocycles. The molecule has 0 saturated carbocycles. The van der Waals surface area contributed by atoms with Crippen molar-refractivity contribution in [1.29, 1.82) is 0 Å². The van der Waals surface area contributed by atoms with Gasteiger partial charge in [0.05, 0.1) is 6.61 Å². The number of anilines is 2. The summed E-state index contributed by atoms with van der Waals surface area (Å²) in [5.74, 6) is 1.77. The van der Waals surface area contributed by atoms with Crippen molar-refractivity contribution in [1.82, 2.24) is 9.97 Å². The minimum Gasteiger partial charge on any atom is -0.439 e. The lowest BCUT2D eigenvalue weighted by atomic mass is 10.2. The first kappa shape index (κ1) is 13.1. The van der Waals surface area contributed by atoms with E-state index >= 15 is 0 Å². The average Bonchev–Trinajstić information content (AvgIpc) is 2.39. The number of aromatic nitrogens is 2. The van der Waals surface area contributed by atoms with Crippen LogP contribution < -0.4 is 15.8 Å². The van der Waals surface area contributed by atoms with Crippen LogP contribution in [0, 0.1) is 0 Å². The number of aliphatic hydroxyl groups is 1. The van der Waals surface area contributed by atoms with Gasteiger partial charge in [0, 0.05) is 12.6 Å². The number of hydrogen-bond donors (Lipinski definition) is 3. The van der Waals surface area contributed by atoms with Crippen molar-refractivity contribution in [2.75, 3.05) is 17.6 Å². The summed E-state index contributed by atoms with van der Waals surface area (Å²) in [5.41, 5.74) is 6.44. The number of hydrogen-bond acceptors (Lipinski definition) is 6. The van der Waals surface area contributed by atoms with E-state index in [1.165, 1.54) is 0 Å². The third kappa shape index (κ3) is 3.56. The van der Waals surface area contributed by atoms with Crippen molar-refractivity contribution >= 4 is 11.8 Å². The molecule has 100 valence electrons. The fourth-order valence-electron chi connectivity index (χ4n) is 1.55. The first-order valence-electron chi connectivity index (χ1n) is 5.97. The Kier molecular flexibility index (Phi) is 4.15. The molecular formula is C13H16N4O2. The number of nitrogens with two attached hydrogens (primary N) is 1. The molecule has 0 spiro atoms. The number of nitrogen functional groups attached to an aromatic ring is 1. The quantitative estimate of drug-likeness (QED) is 0.758. The number of rotatable bonds is 5. The predicted molar refractivity (Wildman–Crippen MR) is 73.0 cm³/mol. The predicted octanol–water partition coefficient (Wildman–Crippen LogP) is 1.78. The van der Waals surface area contributed by atoms with E-state index in [9.17, 15) is 0 Å². The van der Waals surface area contributed by atoms with Crippen molar-refractivity contribution in [2.45, 2.75) is 13.5 Å². The fraction of sp³-hybridized carbons (Fsp3) is 0.231. The second-order valence-electron chi connectivity index (χ2n) is 3.88. The highest BCUT2D eigenvalue weighted by Gasteiger charge is 2.04. The van der Waals surface area contributed by atoms with E-state index < -0.39 is 0 Å². The molecule has 4 N–H and O–H groups in total. The molecule has 1 heterocycles. The Morgan fingerprint density at radius 3 is 2.63 bits per heavy atom. The Labute approximate surface area is 111 Å². The molecule has 6 heteroatoms. The Balaban J connectivity index is 2.17. The van der Waals surface area contributed by atoms with Gasteiger partial charge in [0.15, 0.2) is 0 Å². The van der Waals surface area contributed by atoms with Gasteiger partial charge in [0.2, 0.25) is 11.8 Å². The summed E-state index contributed by atoms with van der Waals surface area (Å²) in [6, 6.07) is 8.77. The molecule has 0 bridgehead atoms. The van der Waals surface area contributed by atoms with Crippen molar-refractivity contribution in [3.05, 3.63) is 35.9 Å². The second kappa shape index (κ2) is 6.01. The Hall–Kier alpha value is -2.34. The van der Waals surface area contributed by atoms with Crippen molar-refractivity contribution in [2.24, 2.45) is 0 Å². The highest BCUT2D eigenvalue weighted by atomic mass is 16.5. The molecule has 1 aromatic heterocycles. The maximum atomic E-state index is 8.96. The molecule has 6 nitrogen and oxygen atoms in total. The van der Waals surface area contributed by atoms with Gasteiger partial charge in [-0.15, -0.1) is 0 Å². The number of aliphatic hydroxyl groups excluding tert-OH is 1.